The number of carbonyl (C=O) groups excluding carboxylic acids is 1. The molecule has 2 rings (SSSR count). The molecule has 5 heteroatoms. The lowest BCUT2D eigenvalue weighted by Gasteiger charge is -2.19. The van der Waals surface area contributed by atoms with Crippen molar-refractivity contribution in [1.82, 2.24) is 9.88 Å². The van der Waals surface area contributed by atoms with E-state index in [1.807, 2.05) is 12.1 Å². The van der Waals surface area contributed by atoms with Gasteiger partial charge in [0, 0.05) is 18.9 Å². The summed E-state index contributed by atoms with van der Waals surface area (Å²) in [6.45, 7) is 4.04. The van der Waals surface area contributed by atoms with Crippen molar-refractivity contribution in [3.05, 3.63) is 51.4 Å². The first-order chi connectivity index (χ1) is 9.19. The van der Waals surface area contributed by atoms with E-state index in [4.69, 9.17) is 11.6 Å². The molecule has 19 heavy (non-hydrogen) atoms. The van der Waals surface area contributed by atoms with E-state index in [1.54, 1.807) is 24.5 Å². The average molecular weight is 295 g/mol. The van der Waals surface area contributed by atoms with Crippen molar-refractivity contribution in [2.45, 2.75) is 13.5 Å². The van der Waals surface area contributed by atoms with Crippen LogP contribution in [0.2, 0.25) is 4.34 Å². The van der Waals surface area contributed by atoms with Gasteiger partial charge in [0.15, 0.2) is 5.78 Å². The van der Waals surface area contributed by atoms with Crippen molar-refractivity contribution in [2.24, 2.45) is 0 Å². The molecule has 0 radical (unpaired) electrons. The third-order valence-corrected chi connectivity index (χ3v) is 4.09. The molecule has 3 nitrogen and oxygen atoms in total. The van der Waals surface area contributed by atoms with Crippen LogP contribution in [0.25, 0.3) is 0 Å². The summed E-state index contributed by atoms with van der Waals surface area (Å²) in [5, 5.41) is 0. The Labute approximate surface area is 121 Å². The van der Waals surface area contributed by atoms with Crippen molar-refractivity contribution in [3.63, 3.8) is 0 Å². The maximum absolute atomic E-state index is 12.1. The zero-order valence-electron chi connectivity index (χ0n) is 10.7. The molecule has 100 valence electrons. The van der Waals surface area contributed by atoms with Crippen LogP contribution >= 0.6 is 22.9 Å². The van der Waals surface area contributed by atoms with Crippen molar-refractivity contribution < 1.29 is 4.79 Å². The van der Waals surface area contributed by atoms with Crippen LogP contribution in [0.1, 0.15) is 22.2 Å². The average Bonchev–Trinajstić information content (AvgIpc) is 2.86. The molecule has 0 spiro atoms. The predicted molar refractivity (Wildman–Crippen MR) is 78.8 cm³/mol. The largest absolute Gasteiger partial charge is 0.292 e. The second-order valence-electron chi connectivity index (χ2n) is 4.19. The lowest BCUT2D eigenvalue weighted by molar-refractivity contribution is 0.0933. The first kappa shape index (κ1) is 14.2. The van der Waals surface area contributed by atoms with Crippen molar-refractivity contribution in [3.8, 4) is 0 Å². The molecule has 0 aromatic carbocycles. The van der Waals surface area contributed by atoms with Gasteiger partial charge in [-0.25, -0.2) is 0 Å². The molecule has 0 atom stereocenters. The van der Waals surface area contributed by atoms with E-state index in [9.17, 15) is 4.79 Å². The molecular formula is C14H15ClN2OS. The van der Waals surface area contributed by atoms with E-state index < -0.39 is 0 Å². The van der Waals surface area contributed by atoms with Crippen LogP contribution in [0, 0.1) is 0 Å². The number of thiophene rings is 1. The molecule has 0 saturated carbocycles. The Kier molecular flexibility index (Phi) is 5.07. The van der Waals surface area contributed by atoms with E-state index in [0.29, 0.717) is 10.9 Å². The minimum absolute atomic E-state index is 0.118. The number of nitrogens with zero attached hydrogens (tertiary/aromatic N) is 2. The van der Waals surface area contributed by atoms with Gasteiger partial charge in [0.05, 0.1) is 15.8 Å². The fourth-order valence-corrected chi connectivity index (χ4v) is 2.74. The molecule has 0 saturated heterocycles. The van der Waals surface area contributed by atoms with Gasteiger partial charge in [-0.3, -0.25) is 14.7 Å². The fraction of sp³-hybridized carbons (Fsp3) is 0.286. The van der Waals surface area contributed by atoms with Crippen LogP contribution < -0.4 is 0 Å². The summed E-state index contributed by atoms with van der Waals surface area (Å²) < 4.78 is 0.653. The molecule has 0 aliphatic heterocycles. The summed E-state index contributed by atoms with van der Waals surface area (Å²) in [7, 11) is 0. The van der Waals surface area contributed by atoms with E-state index in [-0.39, 0.29) is 5.78 Å². The molecular weight excluding hydrogens is 280 g/mol. The standard InChI is InChI=1S/C14H15ClN2OS/c1-2-17(9-11-5-7-16-8-6-11)10-12(18)13-3-4-14(15)19-13/h3-8H,2,9-10H2,1H3. The third kappa shape index (κ3) is 4.13. The Morgan fingerprint density at radius 1 is 1.32 bits per heavy atom. The van der Waals surface area contributed by atoms with Gasteiger partial charge in [-0.2, -0.15) is 0 Å². The second kappa shape index (κ2) is 6.80. The van der Waals surface area contributed by atoms with Crippen LogP contribution in [-0.2, 0) is 6.54 Å². The van der Waals surface area contributed by atoms with Crippen LogP contribution in [0.3, 0.4) is 0 Å². The quantitative estimate of drug-likeness (QED) is 0.765. The number of aromatic nitrogens is 1. The Morgan fingerprint density at radius 3 is 2.63 bits per heavy atom. The summed E-state index contributed by atoms with van der Waals surface area (Å²) in [5.41, 5.74) is 1.16. The molecule has 0 aliphatic carbocycles. The first-order valence-corrected chi connectivity index (χ1v) is 7.28. The van der Waals surface area contributed by atoms with Gasteiger partial charge in [0.1, 0.15) is 0 Å². The van der Waals surface area contributed by atoms with Gasteiger partial charge in [-0.15, -0.1) is 11.3 Å². The van der Waals surface area contributed by atoms with Gasteiger partial charge in [0.25, 0.3) is 0 Å². The Balaban J connectivity index is 1.97. The number of hydrogen-bond acceptors (Lipinski definition) is 4. The van der Waals surface area contributed by atoms with Gasteiger partial charge < -0.3 is 0 Å². The maximum atomic E-state index is 12.1. The molecule has 0 fully saturated rings. The van der Waals surface area contributed by atoms with Crippen LogP contribution in [0.5, 0.6) is 0 Å². The number of rotatable bonds is 6. The Morgan fingerprint density at radius 2 is 2.05 bits per heavy atom. The molecule has 0 aliphatic rings. The van der Waals surface area contributed by atoms with E-state index in [0.717, 1.165) is 23.5 Å². The maximum Gasteiger partial charge on any atom is 0.186 e. The lowest BCUT2D eigenvalue weighted by Crippen LogP contribution is -2.29. The van der Waals surface area contributed by atoms with Gasteiger partial charge >= 0.3 is 0 Å². The predicted octanol–water partition coefficient (Wildman–Crippen LogP) is 3.50. The Bertz CT molecular complexity index is 541. The number of ketones is 1. The highest BCUT2D eigenvalue weighted by molar-refractivity contribution is 7.18. The first-order valence-electron chi connectivity index (χ1n) is 6.09. The number of halogens is 1. The number of carbonyl (C=O) groups is 1. The van der Waals surface area contributed by atoms with Crippen LogP contribution in [0.4, 0.5) is 0 Å². The van der Waals surface area contributed by atoms with E-state index >= 15 is 0 Å². The molecule has 0 bridgehead atoms. The number of Topliss-reactive ketones (excluding diaryl/α,β-unsaturated/α-hetero) is 1. The highest BCUT2D eigenvalue weighted by atomic mass is 35.5. The monoisotopic (exact) mass is 294 g/mol. The van der Waals surface area contributed by atoms with Gasteiger partial charge in [0.2, 0.25) is 0 Å². The SMILES string of the molecule is CCN(CC(=O)c1ccc(Cl)s1)Cc1ccncc1. The third-order valence-electron chi connectivity index (χ3n) is 2.82. The van der Waals surface area contributed by atoms with E-state index in [1.165, 1.54) is 11.3 Å². The summed E-state index contributed by atoms with van der Waals surface area (Å²) in [4.78, 5) is 18.9. The number of pyridine rings is 1. The lowest BCUT2D eigenvalue weighted by atomic mass is 10.2. The minimum atomic E-state index is 0.118. The molecule has 0 amide bonds. The highest BCUT2D eigenvalue weighted by Gasteiger charge is 2.13. The van der Waals surface area contributed by atoms with Crippen LogP contribution in [-0.4, -0.2) is 28.8 Å². The molecule has 2 aromatic heterocycles. The summed E-state index contributed by atoms with van der Waals surface area (Å²) in [5.74, 6) is 0.118. The normalized spacial score (nSPS) is 10.9. The zero-order valence-corrected chi connectivity index (χ0v) is 12.2. The Hall–Kier alpha value is -1.23. The van der Waals surface area contributed by atoms with Crippen molar-refractivity contribution in [1.29, 1.82) is 0 Å². The van der Waals surface area contributed by atoms with Crippen molar-refractivity contribution in [2.75, 3.05) is 13.1 Å². The van der Waals surface area contributed by atoms with Crippen LogP contribution in [0.15, 0.2) is 36.7 Å². The van der Waals surface area contributed by atoms with Gasteiger partial charge in [-0.1, -0.05) is 18.5 Å². The smallest absolute Gasteiger partial charge is 0.186 e. The molecule has 2 aromatic rings. The number of hydrogen-bond donors (Lipinski definition) is 0. The topological polar surface area (TPSA) is 33.2 Å². The highest BCUT2D eigenvalue weighted by Crippen LogP contribution is 2.22. The van der Waals surface area contributed by atoms with E-state index in [2.05, 4.69) is 16.8 Å². The summed E-state index contributed by atoms with van der Waals surface area (Å²) >= 11 is 7.18. The molecule has 2 heterocycles. The zero-order chi connectivity index (χ0) is 13.7. The van der Waals surface area contributed by atoms with Gasteiger partial charge in [-0.05, 0) is 36.4 Å². The minimum Gasteiger partial charge on any atom is -0.292 e. The number of likely N-dealkylation sites (N-methyl/N-ethyl adjacent to an activating group) is 1. The van der Waals surface area contributed by atoms with Crippen molar-refractivity contribution >= 4 is 28.7 Å². The second-order valence-corrected chi connectivity index (χ2v) is 5.90. The fourth-order valence-electron chi connectivity index (χ4n) is 1.77. The summed E-state index contributed by atoms with van der Waals surface area (Å²) in [6.07, 6.45) is 3.54. The molecule has 0 N–H and O–H groups in total. The molecule has 0 unspecified atom stereocenters. The summed E-state index contributed by atoms with van der Waals surface area (Å²) in [6, 6.07) is 7.48.